The molecule has 1 heterocycles. The lowest BCUT2D eigenvalue weighted by Crippen LogP contribution is -2.66. The van der Waals surface area contributed by atoms with Crippen molar-refractivity contribution >= 4 is 29.2 Å². The van der Waals surface area contributed by atoms with Crippen molar-refractivity contribution in [2.24, 2.45) is 0 Å². The normalized spacial score (nSPS) is 14.9. The smallest absolute Gasteiger partial charge is 0.338 e. The van der Waals surface area contributed by atoms with E-state index in [2.05, 4.69) is 4.90 Å². The molecule has 10 heteroatoms. The number of hydrogen-bond acceptors (Lipinski definition) is 8. The van der Waals surface area contributed by atoms with Crippen molar-refractivity contribution < 1.29 is 24.0 Å². The summed E-state index contributed by atoms with van der Waals surface area (Å²) in [5, 5.41) is 12.3. The lowest BCUT2D eigenvalue weighted by molar-refractivity contribution is -0.385. The monoisotopic (exact) mass is 503 g/mol. The molecule has 0 spiro atoms. The van der Waals surface area contributed by atoms with Crippen molar-refractivity contribution in [1.29, 1.82) is 0 Å². The van der Waals surface area contributed by atoms with Gasteiger partial charge in [0.15, 0.2) is 0 Å². The predicted octanol–water partition coefficient (Wildman–Crippen LogP) is 3.47. The molecule has 0 saturated carbocycles. The van der Waals surface area contributed by atoms with E-state index in [9.17, 15) is 19.7 Å². The lowest BCUT2D eigenvalue weighted by Gasteiger charge is -2.44. The lowest BCUT2D eigenvalue weighted by atomic mass is 9.87. The summed E-state index contributed by atoms with van der Waals surface area (Å²) in [5.41, 5.74) is -0.622. The van der Waals surface area contributed by atoms with E-state index in [1.165, 1.54) is 6.07 Å². The molecule has 3 rings (SSSR count). The molecule has 0 bridgehead atoms. The van der Waals surface area contributed by atoms with Crippen LogP contribution in [-0.4, -0.2) is 71.6 Å². The summed E-state index contributed by atoms with van der Waals surface area (Å²) in [6.07, 6.45) is -0.223. The molecule has 0 radical (unpaired) electrons. The molecule has 0 atom stereocenters. The zero-order valence-corrected chi connectivity index (χ0v) is 20.7. The number of nitro groups is 1. The van der Waals surface area contributed by atoms with Gasteiger partial charge in [-0.2, -0.15) is 0 Å². The molecule has 2 aromatic carbocycles. The Morgan fingerprint density at radius 3 is 2.09 bits per heavy atom. The van der Waals surface area contributed by atoms with Gasteiger partial charge < -0.3 is 9.47 Å². The summed E-state index contributed by atoms with van der Waals surface area (Å²) in [4.78, 5) is 41.9. The third-order valence-electron chi connectivity index (χ3n) is 6.09. The number of piperazine rings is 1. The SMILES string of the molecule is CCOC(=O)C(Cc1ccccc1[N+](=O)[O-])(C(=O)OCC)N1CCN(Cc2ccc(Cl)cc2)CC1. The molecule has 1 aliphatic rings. The van der Waals surface area contributed by atoms with E-state index < -0.39 is 22.4 Å². The van der Waals surface area contributed by atoms with Crippen LogP contribution in [0, 0.1) is 10.1 Å². The Morgan fingerprint density at radius 2 is 1.54 bits per heavy atom. The highest BCUT2D eigenvalue weighted by molar-refractivity contribution is 6.30. The molecular formula is C25H30ClN3O6. The maximum atomic E-state index is 13.4. The van der Waals surface area contributed by atoms with Gasteiger partial charge in [-0.15, -0.1) is 0 Å². The van der Waals surface area contributed by atoms with Crippen LogP contribution in [0.3, 0.4) is 0 Å². The third-order valence-corrected chi connectivity index (χ3v) is 6.34. The van der Waals surface area contributed by atoms with Crippen LogP contribution in [0.25, 0.3) is 0 Å². The zero-order chi connectivity index (χ0) is 25.4. The van der Waals surface area contributed by atoms with Crippen molar-refractivity contribution in [3.05, 3.63) is 74.8 Å². The highest BCUT2D eigenvalue weighted by atomic mass is 35.5. The van der Waals surface area contributed by atoms with Crippen LogP contribution in [0.4, 0.5) is 5.69 Å². The topological polar surface area (TPSA) is 102 Å². The fourth-order valence-electron chi connectivity index (χ4n) is 4.35. The second kappa shape index (κ2) is 12.1. The minimum absolute atomic E-state index is 0.0629. The van der Waals surface area contributed by atoms with Gasteiger partial charge >= 0.3 is 11.9 Å². The maximum absolute atomic E-state index is 13.4. The molecule has 1 aliphatic heterocycles. The number of halogens is 1. The Labute approximate surface area is 209 Å². The number of carbonyl (C=O) groups is 2. The highest BCUT2D eigenvalue weighted by Crippen LogP contribution is 2.31. The molecule has 35 heavy (non-hydrogen) atoms. The Balaban J connectivity index is 1.91. The van der Waals surface area contributed by atoms with Crippen molar-refractivity contribution in [1.82, 2.24) is 9.80 Å². The van der Waals surface area contributed by atoms with Gasteiger partial charge in [0.1, 0.15) is 0 Å². The van der Waals surface area contributed by atoms with Crippen LogP contribution in [0.5, 0.6) is 0 Å². The van der Waals surface area contributed by atoms with E-state index in [0.29, 0.717) is 37.7 Å². The van der Waals surface area contributed by atoms with E-state index in [0.717, 1.165) is 5.56 Å². The number of carbonyl (C=O) groups excluding carboxylic acids is 2. The summed E-state index contributed by atoms with van der Waals surface area (Å²) < 4.78 is 10.7. The summed E-state index contributed by atoms with van der Waals surface area (Å²) in [7, 11) is 0. The number of benzene rings is 2. The average molecular weight is 504 g/mol. The Bertz CT molecular complexity index is 1020. The molecule has 1 saturated heterocycles. The fraction of sp³-hybridized carbons (Fsp3) is 0.440. The summed E-state index contributed by atoms with van der Waals surface area (Å²) >= 11 is 5.98. The summed E-state index contributed by atoms with van der Waals surface area (Å²) in [6, 6.07) is 13.7. The minimum Gasteiger partial charge on any atom is -0.464 e. The van der Waals surface area contributed by atoms with Gasteiger partial charge in [-0.3, -0.25) is 19.9 Å². The van der Waals surface area contributed by atoms with Gasteiger partial charge in [-0.05, 0) is 31.5 Å². The van der Waals surface area contributed by atoms with Crippen LogP contribution in [0.15, 0.2) is 48.5 Å². The van der Waals surface area contributed by atoms with Crippen LogP contribution in [0.2, 0.25) is 5.02 Å². The molecule has 1 fully saturated rings. The first-order valence-electron chi connectivity index (χ1n) is 11.6. The number of nitro benzene ring substituents is 1. The van der Waals surface area contributed by atoms with Gasteiger partial charge in [-0.25, -0.2) is 9.59 Å². The standard InChI is InChI=1S/C25H30ClN3O6/c1-3-34-23(30)25(24(31)35-4-2,17-20-7-5-6-8-22(20)29(32)33)28-15-13-27(14-16-28)18-19-9-11-21(26)12-10-19/h5-12H,3-4,13-18H2,1-2H3. The molecule has 2 aromatic rings. The molecule has 0 N–H and O–H groups in total. The second-order valence-corrected chi connectivity index (χ2v) is 8.69. The van der Waals surface area contributed by atoms with E-state index in [1.54, 1.807) is 36.9 Å². The summed E-state index contributed by atoms with van der Waals surface area (Å²) in [6.45, 7) is 6.06. The molecule has 0 amide bonds. The highest BCUT2D eigenvalue weighted by Gasteiger charge is 2.55. The van der Waals surface area contributed by atoms with Gasteiger partial charge in [0.25, 0.3) is 5.69 Å². The third kappa shape index (κ3) is 6.17. The van der Waals surface area contributed by atoms with E-state index >= 15 is 0 Å². The first kappa shape index (κ1) is 26.6. The van der Waals surface area contributed by atoms with E-state index in [4.69, 9.17) is 21.1 Å². The van der Waals surface area contributed by atoms with E-state index in [-0.39, 0.29) is 30.9 Å². The first-order chi connectivity index (χ1) is 16.8. The van der Waals surface area contributed by atoms with Crippen LogP contribution < -0.4 is 0 Å². The van der Waals surface area contributed by atoms with Crippen molar-refractivity contribution in [3.63, 3.8) is 0 Å². The number of rotatable bonds is 10. The average Bonchev–Trinajstić information content (AvgIpc) is 2.85. The predicted molar refractivity (Wildman–Crippen MR) is 131 cm³/mol. The van der Waals surface area contributed by atoms with Crippen LogP contribution >= 0.6 is 11.6 Å². The van der Waals surface area contributed by atoms with E-state index in [1.807, 2.05) is 24.3 Å². The largest absolute Gasteiger partial charge is 0.464 e. The Hall–Kier alpha value is -3.01. The quantitative estimate of drug-likeness (QED) is 0.210. The number of nitrogens with zero attached hydrogens (tertiary/aromatic N) is 3. The number of esters is 2. The van der Waals surface area contributed by atoms with Gasteiger partial charge in [-0.1, -0.05) is 41.9 Å². The molecule has 0 aromatic heterocycles. The molecule has 9 nitrogen and oxygen atoms in total. The molecular weight excluding hydrogens is 474 g/mol. The number of para-hydroxylation sites is 1. The van der Waals surface area contributed by atoms with Crippen molar-refractivity contribution in [3.8, 4) is 0 Å². The van der Waals surface area contributed by atoms with Gasteiger partial charge in [0.05, 0.1) is 18.1 Å². The second-order valence-electron chi connectivity index (χ2n) is 8.25. The van der Waals surface area contributed by atoms with Crippen molar-refractivity contribution in [2.45, 2.75) is 32.4 Å². The first-order valence-corrected chi connectivity index (χ1v) is 12.0. The number of ether oxygens (including phenoxy) is 2. The maximum Gasteiger partial charge on any atom is 0.338 e. The van der Waals surface area contributed by atoms with Crippen molar-refractivity contribution in [2.75, 3.05) is 39.4 Å². The Kier molecular flexibility index (Phi) is 9.20. The molecule has 0 aliphatic carbocycles. The fourth-order valence-corrected chi connectivity index (χ4v) is 4.47. The van der Waals surface area contributed by atoms with Gasteiger partial charge in [0, 0.05) is 55.8 Å². The zero-order valence-electron chi connectivity index (χ0n) is 19.9. The molecule has 188 valence electrons. The summed E-state index contributed by atoms with van der Waals surface area (Å²) in [5.74, 6) is -1.52. The van der Waals surface area contributed by atoms with Gasteiger partial charge in [0.2, 0.25) is 5.54 Å². The molecule has 0 unspecified atom stereocenters. The minimum atomic E-state index is -1.83. The Morgan fingerprint density at radius 1 is 0.971 bits per heavy atom. The van der Waals surface area contributed by atoms with Crippen LogP contribution in [-0.2, 0) is 32.0 Å². The number of hydrogen-bond donors (Lipinski definition) is 0. The van der Waals surface area contributed by atoms with Crippen LogP contribution in [0.1, 0.15) is 25.0 Å².